The van der Waals surface area contributed by atoms with Gasteiger partial charge in [-0.25, -0.2) is 4.79 Å². The van der Waals surface area contributed by atoms with E-state index in [0.29, 0.717) is 24.2 Å². The first-order chi connectivity index (χ1) is 7.63. The van der Waals surface area contributed by atoms with Crippen LogP contribution in [0.2, 0.25) is 0 Å². The lowest BCUT2D eigenvalue weighted by atomic mass is 10.0. The molecule has 0 saturated heterocycles. The van der Waals surface area contributed by atoms with Crippen molar-refractivity contribution in [2.75, 3.05) is 6.61 Å². The molecule has 0 aliphatic rings. The van der Waals surface area contributed by atoms with E-state index in [-0.39, 0.29) is 5.97 Å². The van der Waals surface area contributed by atoms with Gasteiger partial charge in [-0.05, 0) is 53.6 Å². The van der Waals surface area contributed by atoms with Gasteiger partial charge in [0.25, 0.3) is 0 Å². The minimum Gasteiger partial charge on any atom is -0.462 e. The minimum atomic E-state index is -0.312. The van der Waals surface area contributed by atoms with Crippen LogP contribution in [-0.2, 0) is 11.2 Å². The number of rotatable bonds is 3. The lowest BCUT2D eigenvalue weighted by Crippen LogP contribution is -2.10. The largest absolute Gasteiger partial charge is 0.462 e. The molecular weight excluding hydrogens is 317 g/mol. The molecule has 0 heterocycles. The lowest BCUT2D eigenvalue weighted by molar-refractivity contribution is 0.0524. The van der Waals surface area contributed by atoms with Crippen LogP contribution in [-0.4, -0.2) is 12.6 Å². The van der Waals surface area contributed by atoms with Crippen molar-refractivity contribution < 1.29 is 9.53 Å². The van der Waals surface area contributed by atoms with Crippen molar-refractivity contribution in [1.29, 1.82) is 5.26 Å². The molecule has 0 aliphatic heterocycles. The molecule has 16 heavy (non-hydrogen) atoms. The molecule has 4 heteroatoms. The molecule has 0 spiro atoms. The normalized spacial score (nSPS) is 9.62. The molecule has 0 aromatic heterocycles. The molecule has 3 nitrogen and oxygen atoms in total. The zero-order valence-electron chi connectivity index (χ0n) is 9.21. The quantitative estimate of drug-likeness (QED) is 0.633. The van der Waals surface area contributed by atoms with E-state index in [1.165, 1.54) is 0 Å². The van der Waals surface area contributed by atoms with E-state index in [1.807, 2.05) is 6.92 Å². The molecule has 0 bridgehead atoms. The molecule has 84 valence electrons. The summed E-state index contributed by atoms with van der Waals surface area (Å²) in [6.07, 6.45) is 0.708. The van der Waals surface area contributed by atoms with Gasteiger partial charge in [-0.15, -0.1) is 0 Å². The Labute approximate surface area is 109 Å². The van der Waals surface area contributed by atoms with Crippen molar-refractivity contribution in [2.24, 2.45) is 0 Å². The van der Waals surface area contributed by atoms with Gasteiger partial charge in [0.1, 0.15) is 0 Å². The van der Waals surface area contributed by atoms with Crippen LogP contribution in [0.4, 0.5) is 0 Å². The maximum atomic E-state index is 11.7. The summed E-state index contributed by atoms with van der Waals surface area (Å²) in [7, 11) is 0. The molecule has 0 N–H and O–H groups in total. The van der Waals surface area contributed by atoms with Crippen LogP contribution in [0.1, 0.15) is 35.3 Å². The first-order valence-electron chi connectivity index (χ1n) is 5.03. The van der Waals surface area contributed by atoms with Crippen LogP contribution in [0.15, 0.2) is 12.1 Å². The van der Waals surface area contributed by atoms with Crippen molar-refractivity contribution in [2.45, 2.75) is 20.3 Å². The Morgan fingerprint density at radius 1 is 1.50 bits per heavy atom. The van der Waals surface area contributed by atoms with Gasteiger partial charge in [0.15, 0.2) is 0 Å². The van der Waals surface area contributed by atoms with Crippen LogP contribution < -0.4 is 0 Å². The smallest absolute Gasteiger partial charge is 0.339 e. The van der Waals surface area contributed by atoms with Crippen LogP contribution in [0.25, 0.3) is 0 Å². The van der Waals surface area contributed by atoms with Gasteiger partial charge < -0.3 is 4.74 Å². The number of halogens is 1. The van der Waals surface area contributed by atoms with E-state index in [2.05, 4.69) is 28.7 Å². The third kappa shape index (κ3) is 2.73. The first-order valence-corrected chi connectivity index (χ1v) is 6.11. The van der Waals surface area contributed by atoms with Crippen molar-refractivity contribution >= 4 is 28.6 Å². The van der Waals surface area contributed by atoms with Crippen LogP contribution in [0.3, 0.4) is 0 Å². The maximum absolute atomic E-state index is 11.7. The van der Waals surface area contributed by atoms with Crippen LogP contribution in [0, 0.1) is 14.9 Å². The fourth-order valence-corrected chi connectivity index (χ4v) is 2.34. The van der Waals surface area contributed by atoms with Crippen molar-refractivity contribution in [3.05, 3.63) is 32.4 Å². The molecule has 0 amide bonds. The molecule has 1 rings (SSSR count). The molecule has 0 unspecified atom stereocenters. The Kier molecular flexibility index (Phi) is 4.74. The number of esters is 1. The Hall–Kier alpha value is -1.09. The zero-order chi connectivity index (χ0) is 12.1. The molecule has 1 aromatic rings. The van der Waals surface area contributed by atoms with Crippen molar-refractivity contribution in [3.63, 3.8) is 0 Å². The first kappa shape index (κ1) is 13.0. The standard InChI is InChI=1S/C12H12INO2/c1-3-9-5-8(7-14)6-10(13)11(9)12(15)16-4-2/h5-6H,3-4H2,1-2H3. The molecule has 0 saturated carbocycles. The Morgan fingerprint density at radius 2 is 2.19 bits per heavy atom. The number of ether oxygens (including phenoxy) is 1. The van der Waals surface area contributed by atoms with Crippen LogP contribution in [0.5, 0.6) is 0 Å². The number of carbonyl (C=O) groups excluding carboxylic acids is 1. The number of nitriles is 1. The number of aryl methyl sites for hydroxylation is 1. The van der Waals surface area contributed by atoms with E-state index >= 15 is 0 Å². The van der Waals surface area contributed by atoms with E-state index in [0.717, 1.165) is 9.13 Å². The van der Waals surface area contributed by atoms with Gasteiger partial charge in [0.05, 0.1) is 23.8 Å². The monoisotopic (exact) mass is 329 g/mol. The van der Waals surface area contributed by atoms with Crippen LogP contribution >= 0.6 is 22.6 Å². The summed E-state index contributed by atoms with van der Waals surface area (Å²) in [5.41, 5.74) is 2.03. The predicted molar refractivity (Wildman–Crippen MR) is 69.2 cm³/mol. The average molecular weight is 329 g/mol. The maximum Gasteiger partial charge on any atom is 0.339 e. The van der Waals surface area contributed by atoms with Gasteiger partial charge in [-0.1, -0.05) is 6.92 Å². The lowest BCUT2D eigenvalue weighted by Gasteiger charge is -2.09. The van der Waals surface area contributed by atoms with Gasteiger partial charge in [0, 0.05) is 3.57 Å². The molecular formula is C12H12INO2. The molecule has 0 fully saturated rings. The fraction of sp³-hybridized carbons (Fsp3) is 0.333. The Balaban J connectivity index is 3.28. The Morgan fingerprint density at radius 3 is 2.69 bits per heavy atom. The summed E-state index contributed by atoms with van der Waals surface area (Å²) < 4.78 is 5.77. The molecule has 0 atom stereocenters. The van der Waals surface area contributed by atoms with Crippen molar-refractivity contribution in [1.82, 2.24) is 0 Å². The SMILES string of the molecule is CCOC(=O)c1c(I)cc(C#N)cc1CC. The highest BCUT2D eigenvalue weighted by molar-refractivity contribution is 14.1. The third-order valence-electron chi connectivity index (χ3n) is 2.16. The number of nitrogens with zero attached hydrogens (tertiary/aromatic N) is 1. The number of carbonyl (C=O) groups is 1. The number of hydrogen-bond donors (Lipinski definition) is 0. The van der Waals surface area contributed by atoms with Gasteiger partial charge >= 0.3 is 5.97 Å². The van der Waals surface area contributed by atoms with Crippen molar-refractivity contribution in [3.8, 4) is 6.07 Å². The second kappa shape index (κ2) is 5.85. The van der Waals surface area contributed by atoms with Gasteiger partial charge in [0.2, 0.25) is 0 Å². The number of benzene rings is 1. The van der Waals surface area contributed by atoms with E-state index in [4.69, 9.17) is 10.00 Å². The van der Waals surface area contributed by atoms with Gasteiger partial charge in [-0.2, -0.15) is 5.26 Å². The van der Waals surface area contributed by atoms with Gasteiger partial charge in [-0.3, -0.25) is 0 Å². The summed E-state index contributed by atoms with van der Waals surface area (Å²) in [4.78, 5) is 11.7. The summed E-state index contributed by atoms with van der Waals surface area (Å²) in [5, 5.41) is 8.85. The van der Waals surface area contributed by atoms with E-state index < -0.39 is 0 Å². The molecule has 0 radical (unpaired) electrons. The fourth-order valence-electron chi connectivity index (χ4n) is 1.44. The predicted octanol–water partition coefficient (Wildman–Crippen LogP) is 2.90. The topological polar surface area (TPSA) is 50.1 Å². The number of hydrogen-bond acceptors (Lipinski definition) is 3. The summed E-state index contributed by atoms with van der Waals surface area (Å²) >= 11 is 2.06. The van der Waals surface area contributed by atoms with E-state index in [1.54, 1.807) is 19.1 Å². The second-order valence-corrected chi connectivity index (χ2v) is 4.34. The summed E-state index contributed by atoms with van der Waals surface area (Å²) in [5.74, 6) is -0.312. The summed E-state index contributed by atoms with van der Waals surface area (Å²) in [6.45, 7) is 4.09. The zero-order valence-corrected chi connectivity index (χ0v) is 11.4. The highest BCUT2D eigenvalue weighted by atomic mass is 127. The highest BCUT2D eigenvalue weighted by Crippen LogP contribution is 2.21. The Bertz CT molecular complexity index is 449. The average Bonchev–Trinajstić information content (AvgIpc) is 2.27. The minimum absolute atomic E-state index is 0.312. The third-order valence-corrected chi connectivity index (χ3v) is 3.01. The highest BCUT2D eigenvalue weighted by Gasteiger charge is 2.16. The second-order valence-electron chi connectivity index (χ2n) is 3.18. The van der Waals surface area contributed by atoms with E-state index in [9.17, 15) is 4.79 Å². The summed E-state index contributed by atoms with van der Waals surface area (Å²) in [6, 6.07) is 5.53. The molecule has 0 aliphatic carbocycles. The molecule has 1 aromatic carbocycles.